The van der Waals surface area contributed by atoms with Gasteiger partial charge in [-0.15, -0.1) is 0 Å². The van der Waals surface area contributed by atoms with E-state index in [1.165, 1.54) is 10.9 Å². The highest BCUT2D eigenvalue weighted by Gasteiger charge is 2.18. The highest BCUT2D eigenvalue weighted by Crippen LogP contribution is 2.20. The summed E-state index contributed by atoms with van der Waals surface area (Å²) in [4.78, 5) is 29.4. The number of para-hydroxylation sites is 1. The fraction of sp³-hybridized carbons (Fsp3) is 0.211. The van der Waals surface area contributed by atoms with Crippen LogP contribution >= 0.6 is 0 Å². The van der Waals surface area contributed by atoms with Crippen molar-refractivity contribution in [2.24, 2.45) is 0 Å². The Morgan fingerprint density at radius 3 is 2.48 bits per heavy atom. The SMILES string of the molecule is CC(C)(C)OC(=O)Nc1cccc2ncn(-c3ccccc3)c(=O)c12. The summed E-state index contributed by atoms with van der Waals surface area (Å²) in [6.45, 7) is 5.33. The van der Waals surface area contributed by atoms with E-state index in [2.05, 4.69) is 10.3 Å². The number of nitrogens with zero attached hydrogens (tertiary/aromatic N) is 2. The van der Waals surface area contributed by atoms with Gasteiger partial charge in [-0.25, -0.2) is 9.78 Å². The second-order valence-corrected chi connectivity index (χ2v) is 6.58. The number of anilines is 1. The molecule has 1 aromatic heterocycles. The van der Waals surface area contributed by atoms with Crippen LogP contribution in [-0.2, 0) is 4.74 Å². The van der Waals surface area contributed by atoms with Gasteiger partial charge in [0.05, 0.1) is 22.3 Å². The van der Waals surface area contributed by atoms with Crippen LogP contribution in [0.25, 0.3) is 16.6 Å². The lowest BCUT2D eigenvalue weighted by molar-refractivity contribution is 0.0636. The first kappa shape index (κ1) is 16.7. The lowest BCUT2D eigenvalue weighted by Gasteiger charge is -2.20. The van der Waals surface area contributed by atoms with Gasteiger partial charge in [0.2, 0.25) is 0 Å². The van der Waals surface area contributed by atoms with Gasteiger partial charge in [-0.3, -0.25) is 14.7 Å². The molecule has 0 aliphatic rings. The van der Waals surface area contributed by atoms with Gasteiger partial charge in [-0.05, 0) is 45.0 Å². The molecule has 0 saturated heterocycles. The average molecular weight is 337 g/mol. The van der Waals surface area contributed by atoms with Gasteiger partial charge in [0.25, 0.3) is 5.56 Å². The Hall–Kier alpha value is -3.15. The molecule has 0 bridgehead atoms. The second kappa shape index (κ2) is 6.39. The van der Waals surface area contributed by atoms with Crippen molar-refractivity contribution in [3.8, 4) is 5.69 Å². The van der Waals surface area contributed by atoms with Crippen molar-refractivity contribution in [3.05, 3.63) is 65.2 Å². The molecule has 6 heteroatoms. The molecule has 3 rings (SSSR count). The van der Waals surface area contributed by atoms with E-state index in [4.69, 9.17) is 4.74 Å². The van der Waals surface area contributed by atoms with E-state index in [1.54, 1.807) is 39.0 Å². The quantitative estimate of drug-likeness (QED) is 0.773. The predicted octanol–water partition coefficient (Wildman–Crippen LogP) is 3.73. The lowest BCUT2D eigenvalue weighted by Crippen LogP contribution is -2.28. The van der Waals surface area contributed by atoms with Gasteiger partial charge < -0.3 is 4.74 Å². The van der Waals surface area contributed by atoms with Crippen LogP contribution in [0.4, 0.5) is 10.5 Å². The summed E-state index contributed by atoms with van der Waals surface area (Å²) >= 11 is 0. The molecular formula is C19H19N3O3. The third-order valence-corrected chi connectivity index (χ3v) is 3.46. The first-order valence-electron chi connectivity index (χ1n) is 7.91. The fourth-order valence-corrected chi connectivity index (χ4v) is 2.46. The van der Waals surface area contributed by atoms with Gasteiger partial charge in [0, 0.05) is 0 Å². The number of rotatable bonds is 2. The van der Waals surface area contributed by atoms with Crippen molar-refractivity contribution >= 4 is 22.7 Å². The van der Waals surface area contributed by atoms with Gasteiger partial charge in [0.15, 0.2) is 0 Å². The zero-order valence-electron chi connectivity index (χ0n) is 14.3. The molecule has 0 saturated carbocycles. The highest BCUT2D eigenvalue weighted by molar-refractivity contribution is 5.98. The average Bonchev–Trinajstić information content (AvgIpc) is 2.54. The molecular weight excluding hydrogens is 318 g/mol. The molecule has 0 atom stereocenters. The molecule has 25 heavy (non-hydrogen) atoms. The van der Waals surface area contributed by atoms with Crippen LogP contribution in [0.2, 0.25) is 0 Å². The smallest absolute Gasteiger partial charge is 0.412 e. The number of nitrogens with one attached hydrogen (secondary N) is 1. The van der Waals surface area contributed by atoms with Crippen LogP contribution in [0, 0.1) is 0 Å². The second-order valence-electron chi connectivity index (χ2n) is 6.58. The fourth-order valence-electron chi connectivity index (χ4n) is 2.46. The minimum absolute atomic E-state index is 0.261. The molecule has 128 valence electrons. The maximum absolute atomic E-state index is 12.9. The van der Waals surface area contributed by atoms with Crippen LogP contribution in [0.3, 0.4) is 0 Å². The highest BCUT2D eigenvalue weighted by atomic mass is 16.6. The van der Waals surface area contributed by atoms with E-state index in [0.29, 0.717) is 22.3 Å². The van der Waals surface area contributed by atoms with E-state index in [-0.39, 0.29) is 5.56 Å². The first-order valence-corrected chi connectivity index (χ1v) is 7.91. The molecule has 0 fully saturated rings. The Morgan fingerprint density at radius 1 is 1.08 bits per heavy atom. The molecule has 0 spiro atoms. The molecule has 6 nitrogen and oxygen atoms in total. The maximum atomic E-state index is 12.9. The van der Waals surface area contributed by atoms with Crippen molar-refractivity contribution in [3.63, 3.8) is 0 Å². The molecule has 1 amide bonds. The molecule has 0 radical (unpaired) electrons. The lowest BCUT2D eigenvalue weighted by atomic mass is 10.2. The zero-order chi connectivity index (χ0) is 18.0. The summed E-state index contributed by atoms with van der Waals surface area (Å²) in [5, 5.41) is 2.98. The number of aromatic nitrogens is 2. The van der Waals surface area contributed by atoms with Gasteiger partial charge in [-0.1, -0.05) is 24.3 Å². The summed E-state index contributed by atoms with van der Waals surface area (Å²) in [7, 11) is 0. The summed E-state index contributed by atoms with van der Waals surface area (Å²) in [6.07, 6.45) is 0.867. The predicted molar refractivity (Wildman–Crippen MR) is 97.2 cm³/mol. The Bertz CT molecular complexity index is 973. The van der Waals surface area contributed by atoms with Crippen LogP contribution in [-0.4, -0.2) is 21.2 Å². The number of ether oxygens (including phenoxy) is 1. The topological polar surface area (TPSA) is 73.2 Å². The van der Waals surface area contributed by atoms with Crippen molar-refractivity contribution in [2.75, 3.05) is 5.32 Å². The van der Waals surface area contributed by atoms with Crippen LogP contribution in [0.15, 0.2) is 59.7 Å². The van der Waals surface area contributed by atoms with E-state index in [1.807, 2.05) is 30.3 Å². The van der Waals surface area contributed by atoms with E-state index in [9.17, 15) is 9.59 Å². The summed E-state index contributed by atoms with van der Waals surface area (Å²) in [5.41, 5.74) is 0.689. The summed E-state index contributed by atoms with van der Waals surface area (Å²) in [5.74, 6) is 0. The number of fused-ring (bicyclic) bond motifs is 1. The van der Waals surface area contributed by atoms with Gasteiger partial charge in [-0.2, -0.15) is 0 Å². The largest absolute Gasteiger partial charge is 0.444 e. The number of carbonyl (C=O) groups is 1. The van der Waals surface area contributed by atoms with Gasteiger partial charge in [0.1, 0.15) is 11.9 Å². The molecule has 0 aliphatic heterocycles. The van der Waals surface area contributed by atoms with Crippen LogP contribution in [0.5, 0.6) is 0 Å². The third-order valence-electron chi connectivity index (χ3n) is 3.46. The standard InChI is InChI=1S/C19H19N3O3/c1-19(2,3)25-18(24)21-15-11-7-10-14-16(15)17(23)22(12-20-14)13-8-5-4-6-9-13/h4-12H,1-3H3,(H,21,24). The Labute approximate surface area is 145 Å². The van der Waals surface area contributed by atoms with E-state index < -0.39 is 11.7 Å². The first-order chi connectivity index (χ1) is 11.8. The summed E-state index contributed by atoms with van der Waals surface area (Å²) < 4.78 is 6.71. The maximum Gasteiger partial charge on any atom is 0.412 e. The minimum atomic E-state index is -0.628. The van der Waals surface area contributed by atoms with Crippen LogP contribution < -0.4 is 10.9 Å². The van der Waals surface area contributed by atoms with Crippen molar-refractivity contribution in [1.29, 1.82) is 0 Å². The number of amides is 1. The Morgan fingerprint density at radius 2 is 1.80 bits per heavy atom. The molecule has 2 aromatic carbocycles. The van der Waals surface area contributed by atoms with Crippen molar-refractivity contribution in [1.82, 2.24) is 9.55 Å². The molecule has 1 N–H and O–H groups in total. The normalized spacial score (nSPS) is 11.3. The van der Waals surface area contributed by atoms with Gasteiger partial charge >= 0.3 is 6.09 Å². The molecule has 0 aliphatic carbocycles. The monoisotopic (exact) mass is 337 g/mol. The summed E-state index contributed by atoms with van der Waals surface area (Å²) in [6, 6.07) is 14.3. The van der Waals surface area contributed by atoms with Crippen LogP contribution in [0.1, 0.15) is 20.8 Å². The van der Waals surface area contributed by atoms with Crippen molar-refractivity contribution < 1.29 is 9.53 Å². The Balaban J connectivity index is 2.08. The minimum Gasteiger partial charge on any atom is -0.444 e. The molecule has 0 unspecified atom stereocenters. The van der Waals surface area contributed by atoms with E-state index in [0.717, 1.165) is 0 Å². The van der Waals surface area contributed by atoms with E-state index >= 15 is 0 Å². The molecule has 3 aromatic rings. The number of hydrogen-bond acceptors (Lipinski definition) is 4. The number of carbonyl (C=O) groups excluding carboxylic acids is 1. The molecule has 1 heterocycles. The number of benzene rings is 2. The van der Waals surface area contributed by atoms with Crippen molar-refractivity contribution in [2.45, 2.75) is 26.4 Å². The number of hydrogen-bond donors (Lipinski definition) is 1. The zero-order valence-corrected chi connectivity index (χ0v) is 14.3. The third kappa shape index (κ3) is 3.68. The Kier molecular flexibility index (Phi) is 4.27.